The van der Waals surface area contributed by atoms with Gasteiger partial charge >= 0.3 is 0 Å². The summed E-state index contributed by atoms with van der Waals surface area (Å²) in [4.78, 5) is 0. The maximum Gasteiger partial charge on any atom is 0.168 e. The van der Waals surface area contributed by atoms with Gasteiger partial charge < -0.3 is 0 Å². The Morgan fingerprint density at radius 3 is 2.21 bits per heavy atom. The van der Waals surface area contributed by atoms with Crippen LogP contribution in [0.25, 0.3) is 27.6 Å². The normalized spacial score (nSPS) is 14.2. The number of nitrogens with zero attached hydrogens (tertiary/aromatic N) is 4. The van der Waals surface area contributed by atoms with Crippen molar-refractivity contribution < 1.29 is 0 Å². The van der Waals surface area contributed by atoms with E-state index in [1.165, 1.54) is 0 Å². The van der Waals surface area contributed by atoms with Gasteiger partial charge in [-0.25, -0.2) is 4.68 Å². The van der Waals surface area contributed by atoms with E-state index in [4.69, 9.17) is 51.5 Å². The van der Waals surface area contributed by atoms with Crippen molar-refractivity contribution >= 4 is 73.7 Å². The summed E-state index contributed by atoms with van der Waals surface area (Å²) in [6.45, 7) is 2.12. The fourth-order valence-electron chi connectivity index (χ4n) is 4.80. The molecule has 38 heavy (non-hydrogen) atoms. The fourth-order valence-corrected chi connectivity index (χ4v) is 7.26. The molecular formula is C28H19BrCl4N4S. The van der Waals surface area contributed by atoms with Gasteiger partial charge in [0.1, 0.15) is 10.7 Å². The number of halogens is 5. The molecule has 0 unspecified atom stereocenters. The first-order valence-electron chi connectivity index (χ1n) is 11.9. The van der Waals surface area contributed by atoms with Crippen LogP contribution in [-0.2, 0) is 11.8 Å². The van der Waals surface area contributed by atoms with Crippen molar-refractivity contribution in [2.24, 2.45) is 0 Å². The first-order chi connectivity index (χ1) is 18.3. The third kappa shape index (κ3) is 4.59. The van der Waals surface area contributed by atoms with Crippen LogP contribution in [0.15, 0.2) is 65.1 Å². The summed E-state index contributed by atoms with van der Waals surface area (Å²) in [5.74, 6) is 0. The lowest BCUT2D eigenvalue weighted by Crippen LogP contribution is -2.09. The molecule has 4 nitrogen and oxygen atoms in total. The predicted molar refractivity (Wildman–Crippen MR) is 161 cm³/mol. The van der Waals surface area contributed by atoms with Gasteiger partial charge in [-0.1, -0.05) is 98.8 Å². The van der Waals surface area contributed by atoms with E-state index in [0.29, 0.717) is 20.1 Å². The molecule has 0 spiro atoms. The monoisotopic (exact) mass is 662 g/mol. The lowest BCUT2D eigenvalue weighted by atomic mass is 9.97. The topological polar surface area (TPSA) is 43.6 Å². The number of hydrogen-bond acceptors (Lipinski definition) is 4. The minimum absolute atomic E-state index is 0.236. The van der Waals surface area contributed by atoms with Gasteiger partial charge in [0, 0.05) is 30.7 Å². The van der Waals surface area contributed by atoms with Crippen LogP contribution in [0.2, 0.25) is 20.1 Å². The van der Waals surface area contributed by atoms with Gasteiger partial charge in [-0.3, -0.25) is 0 Å². The number of aromatic nitrogens is 4. The third-order valence-electron chi connectivity index (χ3n) is 6.83. The van der Waals surface area contributed by atoms with Gasteiger partial charge in [0.15, 0.2) is 5.01 Å². The molecule has 10 heteroatoms. The van der Waals surface area contributed by atoms with E-state index >= 15 is 0 Å². The van der Waals surface area contributed by atoms with E-state index in [1.54, 1.807) is 23.5 Å². The Balaban J connectivity index is 1.51. The van der Waals surface area contributed by atoms with Crippen molar-refractivity contribution in [1.82, 2.24) is 20.0 Å². The molecule has 0 aliphatic heterocycles. The van der Waals surface area contributed by atoms with E-state index in [1.807, 2.05) is 41.1 Å². The summed E-state index contributed by atoms with van der Waals surface area (Å²) < 4.78 is 2.89. The van der Waals surface area contributed by atoms with Crippen molar-refractivity contribution in [3.8, 4) is 27.6 Å². The summed E-state index contributed by atoms with van der Waals surface area (Å²) in [6, 6.07) is 19.3. The molecule has 0 saturated heterocycles. The van der Waals surface area contributed by atoms with Gasteiger partial charge in [-0.05, 0) is 67.3 Å². The maximum absolute atomic E-state index is 6.67. The second-order valence-corrected chi connectivity index (χ2v) is 12.7. The molecule has 0 N–H and O–H groups in total. The highest BCUT2D eigenvalue weighted by atomic mass is 79.9. The Morgan fingerprint density at radius 1 is 0.895 bits per heavy atom. The Labute approximate surface area is 252 Å². The Morgan fingerprint density at radius 2 is 1.58 bits per heavy atom. The largest absolute Gasteiger partial charge is 0.231 e. The third-order valence-corrected chi connectivity index (χ3v) is 9.57. The zero-order valence-corrected chi connectivity index (χ0v) is 25.4. The van der Waals surface area contributed by atoms with E-state index in [0.717, 1.165) is 67.5 Å². The average molecular weight is 665 g/mol. The number of benzene rings is 3. The molecule has 0 amide bonds. The Kier molecular flexibility index (Phi) is 7.08. The van der Waals surface area contributed by atoms with Crippen LogP contribution < -0.4 is 0 Å². The molecule has 192 valence electrons. The second kappa shape index (κ2) is 10.2. The molecule has 6 rings (SSSR count). The zero-order valence-electron chi connectivity index (χ0n) is 20.0. The van der Waals surface area contributed by atoms with Crippen LogP contribution in [-0.4, -0.2) is 20.0 Å². The van der Waals surface area contributed by atoms with Crippen LogP contribution in [0.4, 0.5) is 0 Å². The van der Waals surface area contributed by atoms with Crippen LogP contribution in [0.1, 0.15) is 35.9 Å². The van der Waals surface area contributed by atoms with Crippen molar-refractivity contribution in [3.05, 3.63) is 101 Å². The van der Waals surface area contributed by atoms with Gasteiger partial charge in [-0.15, -0.1) is 10.2 Å². The highest BCUT2D eigenvalue weighted by molar-refractivity contribution is 9.10. The summed E-state index contributed by atoms with van der Waals surface area (Å²) in [5, 5.41) is 18.4. The molecule has 0 radical (unpaired) electrons. The van der Waals surface area contributed by atoms with Gasteiger partial charge in [0.05, 0.1) is 21.8 Å². The van der Waals surface area contributed by atoms with Crippen LogP contribution in [0.3, 0.4) is 0 Å². The molecule has 0 atom stereocenters. The van der Waals surface area contributed by atoms with Crippen molar-refractivity contribution in [2.75, 3.05) is 0 Å². The lowest BCUT2D eigenvalue weighted by Gasteiger charge is -2.14. The molecule has 2 heterocycles. The van der Waals surface area contributed by atoms with E-state index in [9.17, 15) is 0 Å². The molecule has 1 aliphatic carbocycles. The molecular weight excluding hydrogens is 646 g/mol. The fraction of sp³-hybridized carbons (Fsp3) is 0.179. The van der Waals surface area contributed by atoms with E-state index in [-0.39, 0.29) is 5.41 Å². The molecule has 1 fully saturated rings. The summed E-state index contributed by atoms with van der Waals surface area (Å²) in [5.41, 5.74) is 5.38. The molecule has 1 saturated carbocycles. The van der Waals surface area contributed by atoms with Gasteiger partial charge in [0.2, 0.25) is 0 Å². The summed E-state index contributed by atoms with van der Waals surface area (Å²) in [6.07, 6.45) is 2.67. The number of hydrogen-bond donors (Lipinski definition) is 0. The quantitative estimate of drug-likeness (QED) is 0.181. The van der Waals surface area contributed by atoms with Gasteiger partial charge in [0.25, 0.3) is 0 Å². The predicted octanol–water partition coefficient (Wildman–Crippen LogP) is 10.1. The first kappa shape index (κ1) is 26.3. The minimum Gasteiger partial charge on any atom is -0.231 e. The summed E-state index contributed by atoms with van der Waals surface area (Å²) in [7, 11) is 0. The minimum atomic E-state index is -0.236. The van der Waals surface area contributed by atoms with Crippen molar-refractivity contribution in [3.63, 3.8) is 0 Å². The zero-order chi connectivity index (χ0) is 26.6. The Hall–Kier alpha value is -1.93. The molecule has 2 aromatic heterocycles. The molecule has 5 aromatic rings. The van der Waals surface area contributed by atoms with Crippen LogP contribution >= 0.6 is 73.7 Å². The molecule has 0 bridgehead atoms. The highest BCUT2D eigenvalue weighted by Crippen LogP contribution is 2.56. The highest BCUT2D eigenvalue weighted by Gasteiger charge is 2.50. The van der Waals surface area contributed by atoms with Crippen molar-refractivity contribution in [1.29, 1.82) is 0 Å². The smallest absolute Gasteiger partial charge is 0.168 e. The van der Waals surface area contributed by atoms with Gasteiger partial charge in [-0.2, -0.15) is 5.10 Å². The van der Waals surface area contributed by atoms with Crippen molar-refractivity contribution in [2.45, 2.75) is 31.6 Å². The standard InChI is InChI=1S/C28H19BrCl4N4S/c1-2-19-24(26-34-35-27(38-26)28(11-12-28)20-9-7-17(30)13-21(20)32)36-37(23-10-8-18(31)14-22(23)33)25(19)15-3-5-16(29)6-4-15/h3-10,13-14H,2,11-12H2,1H3. The molecule has 3 aromatic carbocycles. The second-order valence-electron chi connectivity index (χ2n) is 9.16. The summed E-state index contributed by atoms with van der Waals surface area (Å²) >= 11 is 30.7. The maximum atomic E-state index is 6.67. The first-order valence-corrected chi connectivity index (χ1v) is 15.1. The van der Waals surface area contributed by atoms with E-state index in [2.05, 4.69) is 45.2 Å². The Bertz CT molecular complexity index is 1680. The average Bonchev–Trinajstić information content (AvgIpc) is 3.37. The molecule has 1 aliphatic rings. The van der Waals surface area contributed by atoms with Crippen LogP contribution in [0.5, 0.6) is 0 Å². The SMILES string of the molecule is CCc1c(-c2nnc(C3(c4ccc(Cl)cc4Cl)CC3)s2)nn(-c2ccc(Cl)cc2Cl)c1-c1ccc(Br)cc1. The lowest BCUT2D eigenvalue weighted by molar-refractivity contribution is 0.807. The van der Waals surface area contributed by atoms with Crippen LogP contribution in [0, 0.1) is 0 Å². The number of rotatable bonds is 6. The van der Waals surface area contributed by atoms with E-state index < -0.39 is 0 Å².